The molecule has 0 atom stereocenters. The molecule has 0 saturated carbocycles. The molecular weight excluding hydrogens is 687 g/mol. The van der Waals surface area contributed by atoms with Gasteiger partial charge in [0, 0.05) is 42.2 Å². The fraction of sp³-hybridized carbons (Fsp3) is 0. The number of furan rings is 1. The summed E-state index contributed by atoms with van der Waals surface area (Å²) in [5.74, 6) is 0. The number of hydrogen-bond donors (Lipinski definition) is 0. The van der Waals surface area contributed by atoms with Gasteiger partial charge in [0.2, 0.25) is 0 Å². The summed E-state index contributed by atoms with van der Waals surface area (Å²) in [6.07, 6.45) is 0. The lowest BCUT2D eigenvalue weighted by atomic mass is 9.92. The molecule has 9 aromatic carbocycles. The largest absolute Gasteiger partial charge is 0.453 e. The molecule has 55 heavy (non-hydrogen) atoms. The van der Waals surface area contributed by atoms with Crippen LogP contribution in [0, 0.1) is 0 Å². The number of nitrogens with zero attached hydrogens (tertiary/aromatic N) is 1. The molecule has 0 saturated heterocycles. The summed E-state index contributed by atoms with van der Waals surface area (Å²) in [6.45, 7) is 0. The van der Waals surface area contributed by atoms with Crippen molar-refractivity contribution in [1.82, 2.24) is 0 Å². The predicted octanol–water partition coefficient (Wildman–Crippen LogP) is 15.6. The Morgan fingerprint density at radius 3 is 1.55 bits per heavy atom. The van der Waals surface area contributed by atoms with Crippen LogP contribution in [0.1, 0.15) is 0 Å². The van der Waals surface area contributed by atoms with Gasteiger partial charge in [0.15, 0.2) is 5.58 Å². The molecule has 0 aliphatic heterocycles. The van der Waals surface area contributed by atoms with Gasteiger partial charge in [-0.1, -0.05) is 164 Å². The zero-order valence-electron chi connectivity index (χ0n) is 29.8. The third-order valence-electron chi connectivity index (χ3n) is 10.9. The molecule has 0 amide bonds. The third-order valence-corrected chi connectivity index (χ3v) is 12.0. The van der Waals surface area contributed by atoms with Crippen LogP contribution in [0.2, 0.25) is 0 Å². The lowest BCUT2D eigenvalue weighted by Crippen LogP contribution is -2.10. The Hall–Kier alpha value is -6.94. The van der Waals surface area contributed by atoms with Crippen molar-refractivity contribution >= 4 is 81.3 Å². The third kappa shape index (κ3) is 5.16. The summed E-state index contributed by atoms with van der Waals surface area (Å²) in [5, 5.41) is 7.20. The van der Waals surface area contributed by atoms with Gasteiger partial charge in [-0.25, -0.2) is 0 Å². The molecule has 0 spiro atoms. The first-order chi connectivity index (χ1) is 27.3. The molecule has 0 radical (unpaired) electrons. The standard InChI is InChI=1S/C52H33NOS/c1-3-14-34(15-4-1)38-32-33-39(42-19-8-7-18-41(38)42)36-28-30-37(31-29-36)53(46-24-13-27-49-50(46)45-20-9-10-26-48(45)55-49)47-25-12-23-44-43-22-11-21-40(51(43)54-52(44)47)35-16-5-2-6-17-35/h1-33H. The molecule has 0 N–H and O–H groups in total. The van der Waals surface area contributed by atoms with E-state index in [1.165, 1.54) is 53.2 Å². The van der Waals surface area contributed by atoms with E-state index < -0.39 is 0 Å². The van der Waals surface area contributed by atoms with Gasteiger partial charge < -0.3 is 9.32 Å². The first-order valence-corrected chi connectivity index (χ1v) is 19.5. The van der Waals surface area contributed by atoms with Gasteiger partial charge in [0.25, 0.3) is 0 Å². The average molecular weight is 720 g/mol. The van der Waals surface area contributed by atoms with Gasteiger partial charge in [-0.05, 0) is 75.0 Å². The monoisotopic (exact) mass is 719 g/mol. The highest BCUT2D eigenvalue weighted by Crippen LogP contribution is 2.48. The summed E-state index contributed by atoms with van der Waals surface area (Å²) in [6, 6.07) is 72.0. The molecule has 2 heterocycles. The van der Waals surface area contributed by atoms with E-state index in [0.717, 1.165) is 50.1 Å². The molecule has 11 aromatic rings. The minimum atomic E-state index is 0.865. The van der Waals surface area contributed by atoms with Crippen molar-refractivity contribution in [3.8, 4) is 33.4 Å². The van der Waals surface area contributed by atoms with Crippen LogP contribution in [-0.4, -0.2) is 0 Å². The smallest absolute Gasteiger partial charge is 0.159 e. The molecule has 0 aliphatic carbocycles. The minimum Gasteiger partial charge on any atom is -0.453 e. The first-order valence-electron chi connectivity index (χ1n) is 18.7. The van der Waals surface area contributed by atoms with Crippen LogP contribution in [-0.2, 0) is 0 Å². The molecule has 258 valence electrons. The quantitative estimate of drug-likeness (QED) is 0.170. The Labute approximate surface area is 322 Å². The lowest BCUT2D eigenvalue weighted by Gasteiger charge is -2.27. The number of para-hydroxylation sites is 2. The van der Waals surface area contributed by atoms with Gasteiger partial charge in [0.05, 0.1) is 11.4 Å². The van der Waals surface area contributed by atoms with E-state index >= 15 is 0 Å². The van der Waals surface area contributed by atoms with Gasteiger partial charge in [-0.2, -0.15) is 0 Å². The zero-order chi connectivity index (χ0) is 36.3. The van der Waals surface area contributed by atoms with E-state index in [9.17, 15) is 0 Å². The van der Waals surface area contributed by atoms with Crippen LogP contribution >= 0.6 is 11.3 Å². The van der Waals surface area contributed by atoms with Gasteiger partial charge in [-0.15, -0.1) is 11.3 Å². The summed E-state index contributed by atoms with van der Waals surface area (Å²) in [5.41, 5.74) is 12.0. The van der Waals surface area contributed by atoms with Gasteiger partial charge >= 0.3 is 0 Å². The highest BCUT2D eigenvalue weighted by Gasteiger charge is 2.23. The Kier molecular flexibility index (Phi) is 7.39. The molecule has 3 heteroatoms. The van der Waals surface area contributed by atoms with E-state index in [1.807, 2.05) is 11.3 Å². The van der Waals surface area contributed by atoms with Crippen molar-refractivity contribution in [2.45, 2.75) is 0 Å². The average Bonchev–Trinajstić information content (AvgIpc) is 3.84. The molecule has 0 aliphatic rings. The highest BCUT2D eigenvalue weighted by atomic mass is 32.1. The zero-order valence-corrected chi connectivity index (χ0v) is 30.6. The maximum absolute atomic E-state index is 7.02. The Morgan fingerprint density at radius 2 is 0.836 bits per heavy atom. The van der Waals surface area contributed by atoms with E-state index in [4.69, 9.17) is 4.42 Å². The topological polar surface area (TPSA) is 16.4 Å². The van der Waals surface area contributed by atoms with E-state index in [2.05, 4.69) is 205 Å². The molecule has 2 nitrogen and oxygen atoms in total. The van der Waals surface area contributed by atoms with Crippen molar-refractivity contribution in [3.05, 3.63) is 200 Å². The fourth-order valence-electron chi connectivity index (χ4n) is 8.39. The molecule has 2 aromatic heterocycles. The second-order valence-electron chi connectivity index (χ2n) is 14.0. The minimum absolute atomic E-state index is 0.865. The van der Waals surface area contributed by atoms with Crippen LogP contribution in [0.15, 0.2) is 205 Å². The summed E-state index contributed by atoms with van der Waals surface area (Å²) >= 11 is 1.84. The molecule has 0 unspecified atom stereocenters. The number of fused-ring (bicyclic) bond motifs is 7. The summed E-state index contributed by atoms with van der Waals surface area (Å²) < 4.78 is 9.56. The van der Waals surface area contributed by atoms with Crippen LogP contribution < -0.4 is 4.90 Å². The van der Waals surface area contributed by atoms with Gasteiger partial charge in [0.1, 0.15) is 5.58 Å². The Bertz CT molecular complexity index is 3190. The van der Waals surface area contributed by atoms with E-state index in [0.29, 0.717) is 0 Å². The Morgan fingerprint density at radius 1 is 0.327 bits per heavy atom. The van der Waals surface area contributed by atoms with Crippen LogP contribution in [0.4, 0.5) is 17.1 Å². The Balaban J connectivity index is 1.12. The van der Waals surface area contributed by atoms with Crippen LogP contribution in [0.5, 0.6) is 0 Å². The van der Waals surface area contributed by atoms with Crippen molar-refractivity contribution in [1.29, 1.82) is 0 Å². The second-order valence-corrected chi connectivity index (χ2v) is 15.1. The predicted molar refractivity (Wildman–Crippen MR) is 235 cm³/mol. The molecule has 0 fully saturated rings. The maximum atomic E-state index is 7.02. The normalized spacial score (nSPS) is 11.6. The SMILES string of the molecule is c1ccc(-c2ccc(-c3ccc(N(c4cccc5c4oc4c(-c6ccccc6)cccc45)c4cccc5sc6ccccc6c45)cc3)c3ccccc23)cc1. The summed E-state index contributed by atoms with van der Waals surface area (Å²) in [4.78, 5) is 2.40. The van der Waals surface area contributed by atoms with Gasteiger partial charge in [-0.3, -0.25) is 0 Å². The first kappa shape index (κ1) is 31.6. The summed E-state index contributed by atoms with van der Waals surface area (Å²) in [7, 11) is 0. The molecule has 11 rings (SSSR count). The van der Waals surface area contributed by atoms with Crippen LogP contribution in [0.25, 0.3) is 86.3 Å². The molecular formula is C52H33NOS. The van der Waals surface area contributed by atoms with Crippen LogP contribution in [0.3, 0.4) is 0 Å². The van der Waals surface area contributed by atoms with E-state index in [1.54, 1.807) is 0 Å². The number of rotatable bonds is 6. The second kappa shape index (κ2) is 12.9. The number of anilines is 3. The van der Waals surface area contributed by atoms with E-state index in [-0.39, 0.29) is 0 Å². The van der Waals surface area contributed by atoms with Crippen molar-refractivity contribution in [3.63, 3.8) is 0 Å². The number of hydrogen-bond acceptors (Lipinski definition) is 3. The van der Waals surface area contributed by atoms with Crippen molar-refractivity contribution in [2.75, 3.05) is 4.90 Å². The molecule has 0 bridgehead atoms. The van der Waals surface area contributed by atoms with Crippen molar-refractivity contribution in [2.24, 2.45) is 0 Å². The maximum Gasteiger partial charge on any atom is 0.159 e. The number of thiophene rings is 1. The van der Waals surface area contributed by atoms with Crippen molar-refractivity contribution < 1.29 is 4.42 Å². The lowest BCUT2D eigenvalue weighted by molar-refractivity contribution is 0.670. The highest BCUT2D eigenvalue weighted by molar-refractivity contribution is 7.26. The number of benzene rings is 9. The fourth-order valence-corrected chi connectivity index (χ4v) is 9.51.